The molecule has 1 saturated heterocycles. The number of fused-ring (bicyclic) bond motifs is 6. The van der Waals surface area contributed by atoms with Crippen LogP contribution in [0.2, 0.25) is 22.5 Å². The average molecular weight is 675 g/mol. The van der Waals surface area contributed by atoms with Gasteiger partial charge in [-0.1, -0.05) is 0 Å². The molecule has 4 aromatic rings. The van der Waals surface area contributed by atoms with Crippen LogP contribution in [0.15, 0.2) is 95.3 Å². The fraction of sp³-hybridized carbons (Fsp3) is 0.222. The Hall–Kier alpha value is -2.55. The SMILES string of the molecule is Cc1ccc(-c2cccc3c2C=C2[CH]3[Hf]([CH3])([CH3])[CH]3C(=Cc4c(-c5ccc(C)cc5)cccc43)[Si]2(C)C)cc1. The molecule has 0 aromatic heterocycles. The van der Waals surface area contributed by atoms with E-state index < -0.39 is 28.0 Å². The van der Waals surface area contributed by atoms with Gasteiger partial charge in [0.15, 0.2) is 0 Å². The van der Waals surface area contributed by atoms with Crippen molar-refractivity contribution in [1.82, 2.24) is 0 Å². The number of hydrogen-bond donors (Lipinski definition) is 0. The van der Waals surface area contributed by atoms with E-state index >= 15 is 0 Å². The van der Waals surface area contributed by atoms with Gasteiger partial charge in [0.25, 0.3) is 0 Å². The van der Waals surface area contributed by atoms with E-state index in [0.717, 1.165) is 0 Å². The van der Waals surface area contributed by atoms with Crippen LogP contribution >= 0.6 is 0 Å². The van der Waals surface area contributed by atoms with Gasteiger partial charge < -0.3 is 0 Å². The molecule has 7 rings (SSSR count). The van der Waals surface area contributed by atoms with Gasteiger partial charge in [-0.2, -0.15) is 0 Å². The van der Waals surface area contributed by atoms with Gasteiger partial charge in [0, 0.05) is 0 Å². The number of allylic oxidation sites excluding steroid dienone is 2. The molecule has 0 bridgehead atoms. The molecule has 1 aliphatic heterocycles. The topological polar surface area (TPSA) is 0 Å². The molecule has 0 radical (unpaired) electrons. The van der Waals surface area contributed by atoms with E-state index in [1.807, 2.05) is 10.4 Å². The van der Waals surface area contributed by atoms with E-state index in [2.05, 4.69) is 133 Å². The Labute approximate surface area is 233 Å². The Morgan fingerprint density at radius 2 is 0.947 bits per heavy atom. The Kier molecular flexibility index (Phi) is 5.46. The van der Waals surface area contributed by atoms with E-state index in [1.165, 1.54) is 44.5 Å². The molecule has 2 unspecified atom stereocenters. The Bertz CT molecular complexity index is 1540. The molecule has 188 valence electrons. The molecule has 0 spiro atoms. The molecule has 2 atom stereocenters. The molecular weight excluding hydrogens is 639 g/mol. The second-order valence-electron chi connectivity index (χ2n) is 12.9. The van der Waals surface area contributed by atoms with E-state index in [0.29, 0.717) is 7.35 Å². The third-order valence-electron chi connectivity index (χ3n) is 9.78. The monoisotopic (exact) mass is 676 g/mol. The molecule has 3 aliphatic rings. The Morgan fingerprint density at radius 3 is 1.34 bits per heavy atom. The van der Waals surface area contributed by atoms with Crippen LogP contribution in [0.1, 0.15) is 40.7 Å². The molecule has 38 heavy (non-hydrogen) atoms. The van der Waals surface area contributed by atoms with E-state index in [-0.39, 0.29) is 0 Å². The van der Waals surface area contributed by atoms with Crippen molar-refractivity contribution in [3.8, 4) is 22.3 Å². The zero-order chi connectivity index (χ0) is 26.4. The minimum atomic E-state index is -2.95. The summed E-state index contributed by atoms with van der Waals surface area (Å²) < 4.78 is 6.88. The average Bonchev–Trinajstić information content (AvgIpc) is 3.51. The summed E-state index contributed by atoms with van der Waals surface area (Å²) in [5.41, 5.74) is 14.5. The van der Waals surface area contributed by atoms with Crippen molar-refractivity contribution < 1.29 is 20.0 Å². The summed E-state index contributed by atoms with van der Waals surface area (Å²) in [4.78, 5) is 0. The van der Waals surface area contributed by atoms with E-state index in [9.17, 15) is 0 Å². The normalized spacial score (nSPS) is 21.6. The first-order chi connectivity index (χ1) is 18.2. The van der Waals surface area contributed by atoms with Gasteiger partial charge in [-0.3, -0.25) is 0 Å². The first-order valence-electron chi connectivity index (χ1n) is 14.0. The second-order valence-corrected chi connectivity index (χ2v) is 34.5. The number of rotatable bonds is 2. The summed E-state index contributed by atoms with van der Waals surface area (Å²) in [5.74, 6) is 0. The molecule has 0 N–H and O–H groups in total. The summed E-state index contributed by atoms with van der Waals surface area (Å²) in [5, 5.41) is 3.62. The van der Waals surface area contributed by atoms with Crippen LogP contribution in [0.5, 0.6) is 0 Å². The first-order valence-corrected chi connectivity index (χ1v) is 28.4. The van der Waals surface area contributed by atoms with Crippen LogP contribution in [0.4, 0.5) is 0 Å². The van der Waals surface area contributed by atoms with E-state index in [4.69, 9.17) is 0 Å². The van der Waals surface area contributed by atoms with Gasteiger partial charge >= 0.3 is 235 Å². The molecule has 1 fully saturated rings. The van der Waals surface area contributed by atoms with Crippen LogP contribution in [-0.4, -0.2) is 8.07 Å². The molecule has 1 heterocycles. The zero-order valence-corrected chi connectivity index (χ0v) is 28.0. The Morgan fingerprint density at radius 1 is 0.553 bits per heavy atom. The van der Waals surface area contributed by atoms with Crippen molar-refractivity contribution in [3.05, 3.63) is 129 Å². The van der Waals surface area contributed by atoms with Crippen LogP contribution in [0.25, 0.3) is 34.4 Å². The fourth-order valence-electron chi connectivity index (χ4n) is 7.79. The predicted octanol–water partition coefficient (Wildman–Crippen LogP) is 10.3. The maximum atomic E-state index is 2.76. The van der Waals surface area contributed by atoms with Gasteiger partial charge in [0.2, 0.25) is 0 Å². The van der Waals surface area contributed by atoms with Gasteiger partial charge in [0.1, 0.15) is 0 Å². The minimum absolute atomic E-state index is 0.681. The van der Waals surface area contributed by atoms with Crippen molar-refractivity contribution in [2.45, 2.75) is 43.7 Å². The van der Waals surface area contributed by atoms with Crippen molar-refractivity contribution in [1.29, 1.82) is 0 Å². The van der Waals surface area contributed by atoms with Crippen LogP contribution in [0, 0.1) is 13.8 Å². The Balaban J connectivity index is 1.42. The third kappa shape index (κ3) is 3.42. The standard InChI is InChI=1S/C34H30Si.2CH3.Hf/c1-23-11-15-25(16-12-23)31-9-5-7-27-19-29(21-33(27)31)35(3,4)30-20-28-8-6-10-32(34(28)22-30)26-17-13-24(2)14-18-26;;;/h5-22H,1-4H3;2*1H3;. The number of hydrogen-bond acceptors (Lipinski definition) is 0. The van der Waals surface area contributed by atoms with Crippen LogP contribution in [0.3, 0.4) is 0 Å². The number of benzene rings is 4. The second kappa shape index (κ2) is 8.47. The van der Waals surface area contributed by atoms with Crippen LogP contribution < -0.4 is 0 Å². The van der Waals surface area contributed by atoms with Crippen molar-refractivity contribution in [2.75, 3.05) is 0 Å². The molecule has 0 nitrogen and oxygen atoms in total. The number of aryl methyl sites for hydroxylation is 2. The molecule has 2 aliphatic carbocycles. The summed E-state index contributed by atoms with van der Waals surface area (Å²) in [6.07, 6.45) is 5.34. The van der Waals surface area contributed by atoms with Crippen molar-refractivity contribution >= 4 is 20.2 Å². The van der Waals surface area contributed by atoms with Gasteiger partial charge in [-0.25, -0.2) is 0 Å². The van der Waals surface area contributed by atoms with Crippen LogP contribution in [-0.2, 0) is 20.0 Å². The molecule has 4 aromatic carbocycles. The maximum absolute atomic E-state index is 2.95. The van der Waals surface area contributed by atoms with E-state index in [1.54, 1.807) is 11.1 Å². The third-order valence-corrected chi connectivity index (χ3v) is 30.8. The predicted molar refractivity (Wildman–Crippen MR) is 164 cm³/mol. The molecule has 2 heteroatoms. The molecular formula is C36H36HfSi. The summed E-state index contributed by atoms with van der Waals surface area (Å²) in [6.45, 7) is 9.64. The van der Waals surface area contributed by atoms with Crippen molar-refractivity contribution in [3.63, 3.8) is 0 Å². The van der Waals surface area contributed by atoms with Crippen molar-refractivity contribution in [2.24, 2.45) is 0 Å². The first kappa shape index (κ1) is 24.5. The summed E-state index contributed by atoms with van der Waals surface area (Å²) in [6, 6.07) is 32.5. The van der Waals surface area contributed by atoms with Gasteiger partial charge in [0.05, 0.1) is 0 Å². The zero-order valence-electron chi connectivity index (χ0n) is 23.4. The summed E-state index contributed by atoms with van der Waals surface area (Å²) >= 11 is -2.95. The van der Waals surface area contributed by atoms with Gasteiger partial charge in [-0.05, 0) is 0 Å². The fourth-order valence-corrected chi connectivity index (χ4v) is 39.9. The molecule has 0 amide bonds. The molecule has 0 saturated carbocycles. The van der Waals surface area contributed by atoms with Gasteiger partial charge in [-0.15, -0.1) is 0 Å². The summed E-state index contributed by atoms with van der Waals surface area (Å²) in [7, 11) is -1.82. The quantitative estimate of drug-likeness (QED) is 0.186.